The molecule has 1 N–H and O–H groups in total. The summed E-state index contributed by atoms with van der Waals surface area (Å²) in [6.45, 7) is 0. The van der Waals surface area contributed by atoms with Crippen molar-refractivity contribution >= 4 is 33.9 Å². The van der Waals surface area contributed by atoms with Crippen LogP contribution < -0.4 is 9.47 Å². The monoisotopic (exact) mass is 441 g/mol. The van der Waals surface area contributed by atoms with Crippen molar-refractivity contribution in [1.82, 2.24) is 0 Å². The number of aliphatic imine (C=N–C) groups is 1. The lowest BCUT2D eigenvalue weighted by Gasteiger charge is -2.20. The number of benzene rings is 4. The number of phenols is 1. The van der Waals surface area contributed by atoms with E-state index in [0.29, 0.717) is 12.2 Å². The van der Waals surface area contributed by atoms with Crippen LogP contribution in [0.5, 0.6) is 17.2 Å². The van der Waals surface area contributed by atoms with Gasteiger partial charge in [0.15, 0.2) is 11.5 Å². The number of aromatic hydroxyl groups is 1. The number of rotatable bonds is 4. The molecule has 4 aromatic carbocycles. The van der Waals surface area contributed by atoms with Gasteiger partial charge < -0.3 is 14.6 Å². The van der Waals surface area contributed by atoms with E-state index in [0.717, 1.165) is 43.9 Å². The highest BCUT2D eigenvalue weighted by molar-refractivity contribution is 7.99. The second-order valence-corrected chi connectivity index (χ2v) is 8.85. The second kappa shape index (κ2) is 8.60. The fraction of sp³-hybridized carbons (Fsp3) is 0.148. The minimum absolute atomic E-state index is 0.0355. The van der Waals surface area contributed by atoms with E-state index in [1.807, 2.05) is 66.7 Å². The average Bonchev–Trinajstić information content (AvgIpc) is 3.03. The predicted molar refractivity (Wildman–Crippen MR) is 131 cm³/mol. The highest BCUT2D eigenvalue weighted by Gasteiger charge is 2.27. The van der Waals surface area contributed by atoms with Crippen LogP contribution in [0.2, 0.25) is 0 Å². The van der Waals surface area contributed by atoms with E-state index in [-0.39, 0.29) is 11.0 Å². The zero-order chi connectivity index (χ0) is 22.1. The molecule has 4 aromatic rings. The first-order valence-corrected chi connectivity index (χ1v) is 11.3. The fourth-order valence-electron chi connectivity index (χ4n) is 4.21. The molecule has 1 heterocycles. The normalized spacial score (nSPS) is 15.6. The smallest absolute Gasteiger partial charge is 0.165 e. The largest absolute Gasteiger partial charge is 0.507 e. The molecule has 1 aliphatic heterocycles. The van der Waals surface area contributed by atoms with Gasteiger partial charge in [-0.3, -0.25) is 4.99 Å². The Morgan fingerprint density at radius 2 is 1.69 bits per heavy atom. The van der Waals surface area contributed by atoms with E-state index in [2.05, 4.69) is 12.1 Å². The van der Waals surface area contributed by atoms with Crippen LogP contribution in [0.15, 0.2) is 88.8 Å². The lowest BCUT2D eigenvalue weighted by atomic mass is 9.97. The Morgan fingerprint density at radius 1 is 0.875 bits per heavy atom. The molecule has 5 rings (SSSR count). The molecule has 0 fully saturated rings. The van der Waals surface area contributed by atoms with E-state index in [1.165, 1.54) is 0 Å². The molecule has 4 nitrogen and oxygen atoms in total. The van der Waals surface area contributed by atoms with Gasteiger partial charge in [0, 0.05) is 33.1 Å². The number of methoxy groups -OCH3 is 2. The minimum Gasteiger partial charge on any atom is -0.507 e. The number of hydrogen-bond acceptors (Lipinski definition) is 5. The van der Waals surface area contributed by atoms with Crippen LogP contribution in [0.1, 0.15) is 22.8 Å². The van der Waals surface area contributed by atoms with Gasteiger partial charge in [-0.25, -0.2) is 0 Å². The summed E-state index contributed by atoms with van der Waals surface area (Å²) in [7, 11) is 3.32. The van der Waals surface area contributed by atoms with Crippen molar-refractivity contribution in [2.24, 2.45) is 4.99 Å². The number of nitrogens with zero attached hydrogens (tertiary/aromatic N) is 1. The molecule has 0 bridgehead atoms. The SMILES string of the molecule is COc1cccc(C2CC(c3ccc4ccccc4c3O)=Nc3ccccc3S2)c1OC. The minimum atomic E-state index is 0.0355. The van der Waals surface area contributed by atoms with Gasteiger partial charge in [-0.1, -0.05) is 54.6 Å². The average molecular weight is 442 g/mol. The van der Waals surface area contributed by atoms with Gasteiger partial charge in [0.1, 0.15) is 5.75 Å². The Labute approximate surface area is 191 Å². The summed E-state index contributed by atoms with van der Waals surface area (Å²) < 4.78 is 11.3. The van der Waals surface area contributed by atoms with Crippen molar-refractivity contribution in [2.75, 3.05) is 14.2 Å². The third-order valence-electron chi connectivity index (χ3n) is 5.76. The molecule has 0 spiro atoms. The molecule has 160 valence electrons. The predicted octanol–water partition coefficient (Wildman–Crippen LogP) is 6.92. The van der Waals surface area contributed by atoms with Crippen molar-refractivity contribution in [2.45, 2.75) is 16.6 Å². The van der Waals surface area contributed by atoms with Crippen LogP contribution in [0.3, 0.4) is 0 Å². The first-order chi connectivity index (χ1) is 15.7. The Hall–Kier alpha value is -3.44. The molecule has 0 saturated carbocycles. The van der Waals surface area contributed by atoms with Gasteiger partial charge in [-0.15, -0.1) is 11.8 Å². The van der Waals surface area contributed by atoms with Crippen molar-refractivity contribution in [1.29, 1.82) is 0 Å². The van der Waals surface area contributed by atoms with Crippen LogP contribution in [0.25, 0.3) is 10.8 Å². The zero-order valence-electron chi connectivity index (χ0n) is 17.9. The summed E-state index contributed by atoms with van der Waals surface area (Å²) in [5.74, 6) is 1.70. The molecule has 0 aliphatic carbocycles. The molecule has 0 amide bonds. The molecule has 32 heavy (non-hydrogen) atoms. The molecule has 1 atom stereocenters. The number of para-hydroxylation sites is 2. The van der Waals surface area contributed by atoms with Gasteiger partial charge in [-0.2, -0.15) is 0 Å². The summed E-state index contributed by atoms with van der Waals surface area (Å²) in [4.78, 5) is 6.11. The molecule has 0 saturated heterocycles. The zero-order valence-corrected chi connectivity index (χ0v) is 18.7. The number of fused-ring (bicyclic) bond motifs is 2. The number of phenolic OH excluding ortho intramolecular Hbond substituents is 1. The quantitative estimate of drug-likeness (QED) is 0.373. The number of thioether (sulfide) groups is 1. The Bertz CT molecular complexity index is 1330. The molecule has 1 aliphatic rings. The third-order valence-corrected chi connectivity index (χ3v) is 7.06. The van der Waals surface area contributed by atoms with Crippen molar-refractivity contribution in [3.63, 3.8) is 0 Å². The lowest BCUT2D eigenvalue weighted by molar-refractivity contribution is 0.351. The Kier molecular flexibility index (Phi) is 5.50. The third kappa shape index (κ3) is 3.59. The van der Waals surface area contributed by atoms with Crippen molar-refractivity contribution < 1.29 is 14.6 Å². The maximum Gasteiger partial charge on any atom is 0.165 e. The molecular formula is C27H23NO3S. The molecule has 0 radical (unpaired) electrons. The standard InChI is InChI=1S/C27H23NO3S/c1-30-23-12-7-10-20(27(23)31-2)25-16-22(28-21-11-5-6-13-24(21)32-25)19-15-14-17-8-3-4-9-18(17)26(19)29/h3-15,25,29H,16H2,1-2H3. The fourth-order valence-corrected chi connectivity index (χ4v) is 5.46. The Morgan fingerprint density at radius 3 is 2.53 bits per heavy atom. The van der Waals surface area contributed by atoms with E-state index >= 15 is 0 Å². The van der Waals surface area contributed by atoms with Gasteiger partial charge in [0.05, 0.1) is 25.6 Å². The van der Waals surface area contributed by atoms with Crippen LogP contribution in [-0.2, 0) is 0 Å². The highest BCUT2D eigenvalue weighted by Crippen LogP contribution is 2.50. The van der Waals surface area contributed by atoms with E-state index in [4.69, 9.17) is 14.5 Å². The van der Waals surface area contributed by atoms with Gasteiger partial charge in [0.25, 0.3) is 0 Å². The molecule has 5 heteroatoms. The molecule has 0 aromatic heterocycles. The summed E-state index contributed by atoms with van der Waals surface area (Å²) in [5, 5.41) is 13.0. The topological polar surface area (TPSA) is 51.0 Å². The number of ether oxygens (including phenoxy) is 2. The summed E-state index contributed by atoms with van der Waals surface area (Å²) in [6.07, 6.45) is 0.634. The van der Waals surface area contributed by atoms with Crippen molar-refractivity contribution in [3.05, 3.63) is 90.0 Å². The van der Waals surface area contributed by atoms with E-state index < -0.39 is 0 Å². The van der Waals surface area contributed by atoms with E-state index in [9.17, 15) is 5.11 Å². The van der Waals surface area contributed by atoms with Gasteiger partial charge >= 0.3 is 0 Å². The lowest BCUT2D eigenvalue weighted by Crippen LogP contribution is -2.07. The van der Waals surface area contributed by atoms with Crippen LogP contribution in [0.4, 0.5) is 5.69 Å². The summed E-state index contributed by atoms with van der Waals surface area (Å²) in [6, 6.07) is 26.0. The van der Waals surface area contributed by atoms with Gasteiger partial charge in [0.2, 0.25) is 0 Å². The summed E-state index contributed by atoms with van der Waals surface area (Å²) in [5.41, 5.74) is 3.55. The molecule has 1 unspecified atom stereocenters. The first-order valence-electron chi connectivity index (χ1n) is 10.4. The Balaban J connectivity index is 1.67. The highest BCUT2D eigenvalue weighted by atomic mass is 32.2. The second-order valence-electron chi connectivity index (χ2n) is 7.60. The first kappa shape index (κ1) is 20.5. The van der Waals surface area contributed by atoms with Gasteiger partial charge in [-0.05, 0) is 29.7 Å². The molecular weight excluding hydrogens is 418 g/mol. The van der Waals surface area contributed by atoms with Crippen molar-refractivity contribution in [3.8, 4) is 17.2 Å². The maximum absolute atomic E-state index is 11.1. The van der Waals surface area contributed by atoms with E-state index in [1.54, 1.807) is 26.0 Å². The van der Waals surface area contributed by atoms with Crippen LogP contribution in [-0.4, -0.2) is 25.0 Å². The summed E-state index contributed by atoms with van der Waals surface area (Å²) >= 11 is 1.76. The van der Waals surface area contributed by atoms with Crippen LogP contribution >= 0.6 is 11.8 Å². The maximum atomic E-state index is 11.1. The number of hydrogen-bond donors (Lipinski definition) is 1. The van der Waals surface area contributed by atoms with Crippen LogP contribution in [0, 0.1) is 0 Å².